The van der Waals surface area contributed by atoms with Gasteiger partial charge in [0.25, 0.3) is 0 Å². The van der Waals surface area contributed by atoms with Crippen LogP contribution in [0.5, 0.6) is 0 Å². The Morgan fingerprint density at radius 3 is 2.38 bits per heavy atom. The van der Waals surface area contributed by atoms with Gasteiger partial charge in [0.2, 0.25) is 0 Å². The van der Waals surface area contributed by atoms with Crippen molar-refractivity contribution >= 4 is 11.6 Å². The molecule has 5 nitrogen and oxygen atoms in total. The summed E-state index contributed by atoms with van der Waals surface area (Å²) in [4.78, 5) is 13.3. The molecule has 0 radical (unpaired) electrons. The first-order valence-corrected chi connectivity index (χ1v) is 7.40. The SMILES string of the molecule is CCNc1nc(CC)nc(NCc2cnccc2C)c1C. The normalized spacial score (nSPS) is 10.5. The molecule has 0 spiro atoms. The summed E-state index contributed by atoms with van der Waals surface area (Å²) in [6.07, 6.45) is 4.53. The predicted molar refractivity (Wildman–Crippen MR) is 86.6 cm³/mol. The maximum Gasteiger partial charge on any atom is 0.135 e. The Morgan fingerprint density at radius 1 is 1.05 bits per heavy atom. The van der Waals surface area contributed by atoms with Crippen molar-refractivity contribution in [3.8, 4) is 0 Å². The van der Waals surface area contributed by atoms with Crippen LogP contribution < -0.4 is 10.6 Å². The highest BCUT2D eigenvalue weighted by Crippen LogP contribution is 2.21. The van der Waals surface area contributed by atoms with Crippen LogP contribution in [0.3, 0.4) is 0 Å². The lowest BCUT2D eigenvalue weighted by Crippen LogP contribution is -2.11. The van der Waals surface area contributed by atoms with Crippen molar-refractivity contribution in [3.63, 3.8) is 0 Å². The number of aryl methyl sites for hydroxylation is 2. The zero-order valence-corrected chi connectivity index (χ0v) is 13.2. The van der Waals surface area contributed by atoms with Crippen molar-refractivity contribution in [2.45, 2.75) is 40.7 Å². The molecule has 5 heteroatoms. The Bertz CT molecular complexity index is 610. The van der Waals surface area contributed by atoms with E-state index in [4.69, 9.17) is 0 Å². The summed E-state index contributed by atoms with van der Waals surface area (Å²) in [6, 6.07) is 2.02. The summed E-state index contributed by atoms with van der Waals surface area (Å²) in [5.41, 5.74) is 3.46. The monoisotopic (exact) mass is 285 g/mol. The van der Waals surface area contributed by atoms with Crippen LogP contribution in [0.4, 0.5) is 11.6 Å². The fraction of sp³-hybridized carbons (Fsp3) is 0.438. The summed E-state index contributed by atoms with van der Waals surface area (Å²) < 4.78 is 0. The minimum atomic E-state index is 0.715. The molecule has 2 aromatic heterocycles. The molecule has 2 aromatic rings. The topological polar surface area (TPSA) is 62.7 Å². The van der Waals surface area contributed by atoms with Gasteiger partial charge in [-0.15, -0.1) is 0 Å². The van der Waals surface area contributed by atoms with Gasteiger partial charge in [-0.1, -0.05) is 6.92 Å². The molecule has 0 amide bonds. The number of nitrogens with one attached hydrogen (secondary N) is 2. The van der Waals surface area contributed by atoms with Crippen molar-refractivity contribution in [1.82, 2.24) is 15.0 Å². The smallest absolute Gasteiger partial charge is 0.135 e. The Hall–Kier alpha value is -2.17. The number of pyridine rings is 1. The molecule has 2 N–H and O–H groups in total. The molecule has 0 saturated carbocycles. The van der Waals surface area contributed by atoms with Gasteiger partial charge >= 0.3 is 0 Å². The molecule has 0 saturated heterocycles. The number of nitrogens with zero attached hydrogens (tertiary/aromatic N) is 3. The lowest BCUT2D eigenvalue weighted by Gasteiger charge is -2.14. The average Bonchev–Trinajstić information content (AvgIpc) is 2.49. The number of rotatable bonds is 6. The van der Waals surface area contributed by atoms with E-state index in [1.165, 1.54) is 11.1 Å². The minimum Gasteiger partial charge on any atom is -0.370 e. The highest BCUT2D eigenvalue weighted by atomic mass is 15.1. The molecule has 0 aromatic carbocycles. The Kier molecular flexibility index (Phi) is 5.09. The first-order chi connectivity index (χ1) is 10.2. The molecule has 0 unspecified atom stereocenters. The zero-order valence-electron chi connectivity index (χ0n) is 13.2. The number of anilines is 2. The molecule has 112 valence electrons. The summed E-state index contributed by atoms with van der Waals surface area (Å²) in [5.74, 6) is 2.65. The molecule has 0 fully saturated rings. The van der Waals surface area contributed by atoms with Crippen LogP contribution in [-0.4, -0.2) is 21.5 Å². The van der Waals surface area contributed by atoms with Crippen LogP contribution in [-0.2, 0) is 13.0 Å². The molecule has 2 rings (SSSR count). The fourth-order valence-electron chi connectivity index (χ4n) is 2.09. The predicted octanol–water partition coefficient (Wildman–Crippen LogP) is 3.09. The van der Waals surface area contributed by atoms with Gasteiger partial charge in [-0.25, -0.2) is 9.97 Å². The van der Waals surface area contributed by atoms with Crippen LogP contribution in [0.15, 0.2) is 18.5 Å². The molecular formula is C16H23N5. The van der Waals surface area contributed by atoms with Gasteiger partial charge in [-0.05, 0) is 38.0 Å². The highest BCUT2D eigenvalue weighted by Gasteiger charge is 2.10. The van der Waals surface area contributed by atoms with E-state index in [1.807, 2.05) is 25.4 Å². The van der Waals surface area contributed by atoms with Crippen LogP contribution in [0.2, 0.25) is 0 Å². The van der Waals surface area contributed by atoms with Crippen molar-refractivity contribution < 1.29 is 0 Å². The molecular weight excluding hydrogens is 262 g/mol. The second kappa shape index (κ2) is 7.02. The first kappa shape index (κ1) is 15.2. The average molecular weight is 285 g/mol. The van der Waals surface area contributed by atoms with Crippen molar-refractivity contribution in [1.29, 1.82) is 0 Å². The minimum absolute atomic E-state index is 0.715. The molecule has 21 heavy (non-hydrogen) atoms. The fourth-order valence-corrected chi connectivity index (χ4v) is 2.09. The Balaban J connectivity index is 2.22. The Morgan fingerprint density at radius 2 is 1.76 bits per heavy atom. The summed E-state index contributed by atoms with van der Waals surface area (Å²) in [7, 11) is 0. The number of aromatic nitrogens is 3. The molecule has 2 heterocycles. The number of hydrogen-bond donors (Lipinski definition) is 2. The third-order valence-corrected chi connectivity index (χ3v) is 3.45. The van der Waals surface area contributed by atoms with Gasteiger partial charge in [0.05, 0.1) is 0 Å². The lowest BCUT2D eigenvalue weighted by molar-refractivity contribution is 0.917. The lowest BCUT2D eigenvalue weighted by atomic mass is 10.1. The van der Waals surface area contributed by atoms with E-state index < -0.39 is 0 Å². The van der Waals surface area contributed by atoms with Crippen molar-refractivity contribution in [3.05, 3.63) is 41.0 Å². The van der Waals surface area contributed by atoms with E-state index in [9.17, 15) is 0 Å². The highest BCUT2D eigenvalue weighted by molar-refractivity contribution is 5.57. The second-order valence-corrected chi connectivity index (χ2v) is 5.00. The molecule has 0 atom stereocenters. The summed E-state index contributed by atoms with van der Waals surface area (Å²) in [5, 5.41) is 6.71. The third-order valence-electron chi connectivity index (χ3n) is 3.45. The van der Waals surface area contributed by atoms with Gasteiger partial charge in [0.1, 0.15) is 17.5 Å². The largest absolute Gasteiger partial charge is 0.370 e. The van der Waals surface area contributed by atoms with Gasteiger partial charge in [-0.3, -0.25) is 4.98 Å². The summed E-state index contributed by atoms with van der Waals surface area (Å²) in [6.45, 7) is 9.83. The van der Waals surface area contributed by atoms with Gasteiger partial charge in [-0.2, -0.15) is 0 Å². The standard InChI is InChI=1S/C16H23N5/c1-5-14-20-15(18-6-2)12(4)16(21-14)19-10-13-9-17-8-7-11(13)3/h7-9H,5-6,10H2,1-4H3,(H2,18,19,20,21). The van der Waals surface area contributed by atoms with Crippen LogP contribution in [0, 0.1) is 13.8 Å². The zero-order chi connectivity index (χ0) is 15.2. The van der Waals surface area contributed by atoms with Gasteiger partial charge in [0, 0.05) is 37.5 Å². The van der Waals surface area contributed by atoms with E-state index in [-0.39, 0.29) is 0 Å². The van der Waals surface area contributed by atoms with Gasteiger partial charge in [0.15, 0.2) is 0 Å². The maximum absolute atomic E-state index is 4.60. The summed E-state index contributed by atoms with van der Waals surface area (Å²) >= 11 is 0. The van der Waals surface area contributed by atoms with E-state index >= 15 is 0 Å². The molecule has 0 bridgehead atoms. The van der Waals surface area contributed by atoms with E-state index in [0.717, 1.165) is 36.0 Å². The van der Waals surface area contributed by atoms with Crippen LogP contribution in [0.25, 0.3) is 0 Å². The van der Waals surface area contributed by atoms with E-state index in [2.05, 4.69) is 46.4 Å². The molecule has 0 aliphatic heterocycles. The van der Waals surface area contributed by atoms with Crippen molar-refractivity contribution in [2.75, 3.05) is 17.2 Å². The van der Waals surface area contributed by atoms with Gasteiger partial charge < -0.3 is 10.6 Å². The van der Waals surface area contributed by atoms with E-state index in [0.29, 0.717) is 6.54 Å². The maximum atomic E-state index is 4.60. The second-order valence-electron chi connectivity index (χ2n) is 5.00. The van der Waals surface area contributed by atoms with E-state index in [1.54, 1.807) is 0 Å². The Labute approximate surface area is 126 Å². The van der Waals surface area contributed by atoms with Crippen molar-refractivity contribution in [2.24, 2.45) is 0 Å². The first-order valence-electron chi connectivity index (χ1n) is 7.40. The number of hydrogen-bond acceptors (Lipinski definition) is 5. The molecule has 0 aliphatic rings. The quantitative estimate of drug-likeness (QED) is 0.854. The molecule has 0 aliphatic carbocycles. The van der Waals surface area contributed by atoms with Crippen LogP contribution in [0.1, 0.15) is 36.4 Å². The third kappa shape index (κ3) is 3.68. The van der Waals surface area contributed by atoms with Crippen LogP contribution >= 0.6 is 0 Å².